The quantitative estimate of drug-likeness (QED) is 0.827. The van der Waals surface area contributed by atoms with Crippen LogP contribution in [0.15, 0.2) is 51.9 Å². The molecule has 0 radical (unpaired) electrons. The van der Waals surface area contributed by atoms with E-state index >= 15 is 0 Å². The lowest BCUT2D eigenvalue weighted by atomic mass is 10.2. The van der Waals surface area contributed by atoms with Crippen molar-refractivity contribution in [2.24, 2.45) is 0 Å². The van der Waals surface area contributed by atoms with Crippen LogP contribution in [-0.4, -0.2) is 4.57 Å². The normalized spacial score (nSPS) is 10.4. The zero-order valence-electron chi connectivity index (χ0n) is 8.98. The van der Waals surface area contributed by atoms with Crippen LogP contribution in [0, 0.1) is 6.92 Å². The Kier molecular flexibility index (Phi) is 3.25. The molecular weight excluding hydrogens is 266 g/mol. The summed E-state index contributed by atoms with van der Waals surface area (Å²) in [5.74, 6) is 0. The molecule has 0 atom stereocenters. The van der Waals surface area contributed by atoms with E-state index in [1.54, 1.807) is 10.6 Å². The highest BCUT2D eigenvalue weighted by atomic mass is 79.9. The van der Waals surface area contributed by atoms with Crippen molar-refractivity contribution in [3.63, 3.8) is 0 Å². The zero-order valence-corrected chi connectivity index (χ0v) is 10.6. The second-order valence-corrected chi connectivity index (χ2v) is 4.72. The summed E-state index contributed by atoms with van der Waals surface area (Å²) < 4.78 is 2.74. The molecule has 2 aromatic rings. The van der Waals surface area contributed by atoms with E-state index in [0.717, 1.165) is 15.6 Å². The van der Waals surface area contributed by atoms with Crippen molar-refractivity contribution in [3.8, 4) is 0 Å². The molecule has 0 aliphatic rings. The zero-order chi connectivity index (χ0) is 11.5. The van der Waals surface area contributed by atoms with E-state index < -0.39 is 0 Å². The molecule has 16 heavy (non-hydrogen) atoms. The summed E-state index contributed by atoms with van der Waals surface area (Å²) in [6.07, 6.45) is 1.83. The van der Waals surface area contributed by atoms with E-state index in [1.165, 1.54) is 0 Å². The van der Waals surface area contributed by atoms with Crippen LogP contribution in [0.4, 0.5) is 0 Å². The van der Waals surface area contributed by atoms with E-state index in [2.05, 4.69) is 15.9 Å². The highest BCUT2D eigenvalue weighted by Gasteiger charge is 1.98. The van der Waals surface area contributed by atoms with Gasteiger partial charge < -0.3 is 4.57 Å². The molecule has 0 aliphatic heterocycles. The van der Waals surface area contributed by atoms with Gasteiger partial charge in [0.05, 0.1) is 6.54 Å². The summed E-state index contributed by atoms with van der Waals surface area (Å²) in [5, 5.41) is 0. The number of hydrogen-bond donors (Lipinski definition) is 0. The van der Waals surface area contributed by atoms with Crippen LogP contribution in [0.2, 0.25) is 0 Å². The lowest BCUT2D eigenvalue weighted by Crippen LogP contribution is -2.19. The van der Waals surface area contributed by atoms with Crippen molar-refractivity contribution >= 4 is 15.9 Å². The Labute approximate surface area is 103 Å². The van der Waals surface area contributed by atoms with Gasteiger partial charge in [-0.15, -0.1) is 0 Å². The average Bonchev–Trinajstić information content (AvgIpc) is 2.22. The Morgan fingerprint density at radius 2 is 2.06 bits per heavy atom. The average molecular weight is 278 g/mol. The number of rotatable bonds is 2. The molecule has 0 saturated carbocycles. The molecule has 1 aromatic heterocycles. The van der Waals surface area contributed by atoms with E-state index in [0.29, 0.717) is 6.54 Å². The maximum Gasteiger partial charge on any atom is 0.251 e. The SMILES string of the molecule is Cc1ccn(Cc2cccc(Br)c2)c(=O)c1. The number of aromatic nitrogens is 1. The predicted molar refractivity (Wildman–Crippen MR) is 68.7 cm³/mol. The Morgan fingerprint density at radius 1 is 1.25 bits per heavy atom. The molecule has 0 bridgehead atoms. The number of benzene rings is 1. The Morgan fingerprint density at radius 3 is 2.75 bits per heavy atom. The van der Waals surface area contributed by atoms with E-state index in [9.17, 15) is 4.79 Å². The summed E-state index contributed by atoms with van der Waals surface area (Å²) in [7, 11) is 0. The van der Waals surface area contributed by atoms with Gasteiger partial charge >= 0.3 is 0 Å². The molecule has 0 spiro atoms. The van der Waals surface area contributed by atoms with Crippen LogP contribution in [0.25, 0.3) is 0 Å². The van der Waals surface area contributed by atoms with E-state index in [4.69, 9.17) is 0 Å². The first-order valence-corrected chi connectivity index (χ1v) is 5.86. The molecule has 2 nitrogen and oxygen atoms in total. The van der Waals surface area contributed by atoms with E-state index in [1.807, 2.05) is 43.5 Å². The van der Waals surface area contributed by atoms with Gasteiger partial charge in [0, 0.05) is 16.7 Å². The standard InChI is InChI=1S/C13H12BrNO/c1-10-5-6-15(13(16)7-10)9-11-3-2-4-12(14)8-11/h2-8H,9H2,1H3. The van der Waals surface area contributed by atoms with Crippen LogP contribution in [-0.2, 0) is 6.54 Å². The van der Waals surface area contributed by atoms with Gasteiger partial charge in [-0.2, -0.15) is 0 Å². The molecule has 2 rings (SSSR count). The monoisotopic (exact) mass is 277 g/mol. The molecule has 0 amide bonds. The van der Waals surface area contributed by atoms with Crippen LogP contribution in [0.3, 0.4) is 0 Å². The van der Waals surface area contributed by atoms with Gasteiger partial charge in [-0.05, 0) is 36.2 Å². The Hall–Kier alpha value is -1.35. The number of pyridine rings is 1. The number of halogens is 1. The lowest BCUT2D eigenvalue weighted by molar-refractivity contribution is 0.757. The summed E-state index contributed by atoms with van der Waals surface area (Å²) in [4.78, 5) is 11.7. The molecule has 0 N–H and O–H groups in total. The fraction of sp³-hybridized carbons (Fsp3) is 0.154. The number of hydrogen-bond acceptors (Lipinski definition) is 1. The largest absolute Gasteiger partial charge is 0.311 e. The van der Waals surface area contributed by atoms with Crippen LogP contribution >= 0.6 is 15.9 Å². The molecule has 0 fully saturated rings. The van der Waals surface area contributed by atoms with Crippen molar-refractivity contribution in [2.45, 2.75) is 13.5 Å². The van der Waals surface area contributed by atoms with Gasteiger partial charge in [0.1, 0.15) is 0 Å². The first-order valence-electron chi connectivity index (χ1n) is 5.07. The highest BCUT2D eigenvalue weighted by Crippen LogP contribution is 2.12. The van der Waals surface area contributed by atoms with Crippen LogP contribution < -0.4 is 5.56 Å². The van der Waals surface area contributed by atoms with Crippen molar-refractivity contribution in [1.82, 2.24) is 4.57 Å². The first kappa shape index (κ1) is 11.1. The summed E-state index contributed by atoms with van der Waals surface area (Å²) in [6.45, 7) is 2.53. The van der Waals surface area contributed by atoms with Gasteiger partial charge in [0.25, 0.3) is 5.56 Å². The first-order chi connectivity index (χ1) is 7.65. The van der Waals surface area contributed by atoms with Crippen molar-refractivity contribution in [2.75, 3.05) is 0 Å². The minimum atomic E-state index is 0.0416. The Balaban J connectivity index is 2.31. The fourth-order valence-corrected chi connectivity index (χ4v) is 2.02. The lowest BCUT2D eigenvalue weighted by Gasteiger charge is -2.06. The number of nitrogens with zero attached hydrogens (tertiary/aromatic N) is 1. The van der Waals surface area contributed by atoms with Gasteiger partial charge in [-0.3, -0.25) is 4.79 Å². The van der Waals surface area contributed by atoms with Gasteiger partial charge in [0.2, 0.25) is 0 Å². The molecule has 3 heteroatoms. The van der Waals surface area contributed by atoms with E-state index in [-0.39, 0.29) is 5.56 Å². The van der Waals surface area contributed by atoms with Gasteiger partial charge in [-0.1, -0.05) is 28.1 Å². The summed E-state index contributed by atoms with van der Waals surface area (Å²) in [6, 6.07) is 11.6. The second kappa shape index (κ2) is 4.66. The molecular formula is C13H12BrNO. The molecule has 0 unspecified atom stereocenters. The minimum Gasteiger partial charge on any atom is -0.311 e. The Bertz CT molecular complexity index is 560. The molecule has 0 saturated heterocycles. The third kappa shape index (κ3) is 2.61. The topological polar surface area (TPSA) is 22.0 Å². The summed E-state index contributed by atoms with van der Waals surface area (Å²) >= 11 is 3.42. The van der Waals surface area contributed by atoms with Crippen LogP contribution in [0.5, 0.6) is 0 Å². The maximum absolute atomic E-state index is 11.7. The molecule has 1 aromatic carbocycles. The molecule has 1 heterocycles. The maximum atomic E-state index is 11.7. The van der Waals surface area contributed by atoms with Crippen molar-refractivity contribution < 1.29 is 0 Å². The molecule has 0 aliphatic carbocycles. The minimum absolute atomic E-state index is 0.0416. The molecule has 82 valence electrons. The summed E-state index contributed by atoms with van der Waals surface area (Å²) in [5.41, 5.74) is 2.15. The van der Waals surface area contributed by atoms with Crippen LogP contribution in [0.1, 0.15) is 11.1 Å². The smallest absolute Gasteiger partial charge is 0.251 e. The van der Waals surface area contributed by atoms with Gasteiger partial charge in [0.15, 0.2) is 0 Å². The second-order valence-electron chi connectivity index (χ2n) is 3.80. The number of aryl methyl sites for hydroxylation is 1. The third-order valence-electron chi connectivity index (χ3n) is 2.39. The van der Waals surface area contributed by atoms with Crippen molar-refractivity contribution in [1.29, 1.82) is 0 Å². The predicted octanol–water partition coefficient (Wildman–Crippen LogP) is 2.97. The van der Waals surface area contributed by atoms with Gasteiger partial charge in [-0.25, -0.2) is 0 Å². The van der Waals surface area contributed by atoms with Crippen molar-refractivity contribution in [3.05, 3.63) is 68.5 Å². The third-order valence-corrected chi connectivity index (χ3v) is 2.89. The highest BCUT2D eigenvalue weighted by molar-refractivity contribution is 9.10. The fourth-order valence-electron chi connectivity index (χ4n) is 1.57.